The van der Waals surface area contributed by atoms with Crippen LogP contribution in [0.1, 0.15) is 17.5 Å². The molecule has 0 spiro atoms. The molecule has 0 heterocycles. The van der Waals surface area contributed by atoms with Gasteiger partial charge in [-0.3, -0.25) is 0 Å². The van der Waals surface area contributed by atoms with Gasteiger partial charge in [-0.05, 0) is 38.2 Å². The lowest BCUT2D eigenvalue weighted by molar-refractivity contribution is 0.370. The average Bonchev–Trinajstić information content (AvgIpc) is 2.38. The van der Waals surface area contributed by atoms with Gasteiger partial charge < -0.3 is 10.6 Å². The van der Waals surface area contributed by atoms with E-state index < -0.39 is 10.0 Å². The topological polar surface area (TPSA) is 66.6 Å². The van der Waals surface area contributed by atoms with E-state index in [1.54, 1.807) is 7.05 Å². The highest BCUT2D eigenvalue weighted by molar-refractivity contribution is 7.88. The zero-order chi connectivity index (χ0) is 15.2. The predicted molar refractivity (Wildman–Crippen MR) is 82.8 cm³/mol. The maximum absolute atomic E-state index is 12.2. The van der Waals surface area contributed by atoms with Crippen molar-refractivity contribution in [2.75, 3.05) is 34.2 Å². The SMILES string of the molecule is CN(C)CCCN(C)S(=O)(=O)Cc1ccc(CN)cc1. The number of hydrogen-bond acceptors (Lipinski definition) is 4. The molecule has 0 saturated heterocycles. The zero-order valence-electron chi connectivity index (χ0n) is 12.5. The highest BCUT2D eigenvalue weighted by Crippen LogP contribution is 2.11. The first-order valence-corrected chi connectivity index (χ1v) is 8.32. The van der Waals surface area contributed by atoms with Crippen LogP contribution in [0, 0.1) is 0 Å². The molecule has 2 N–H and O–H groups in total. The quantitative estimate of drug-likeness (QED) is 0.773. The minimum absolute atomic E-state index is 0.0380. The summed E-state index contributed by atoms with van der Waals surface area (Å²) < 4.78 is 25.9. The first-order chi connectivity index (χ1) is 9.35. The predicted octanol–water partition coefficient (Wildman–Crippen LogP) is 0.859. The van der Waals surface area contributed by atoms with Gasteiger partial charge in [-0.25, -0.2) is 12.7 Å². The molecule has 1 rings (SSSR count). The van der Waals surface area contributed by atoms with E-state index in [4.69, 9.17) is 5.73 Å². The second kappa shape index (κ2) is 7.73. The van der Waals surface area contributed by atoms with Gasteiger partial charge in [-0.1, -0.05) is 24.3 Å². The van der Waals surface area contributed by atoms with E-state index in [0.29, 0.717) is 13.1 Å². The van der Waals surface area contributed by atoms with Crippen molar-refractivity contribution < 1.29 is 8.42 Å². The van der Waals surface area contributed by atoms with Crippen LogP contribution in [0.25, 0.3) is 0 Å². The van der Waals surface area contributed by atoms with Crippen LogP contribution in [0.4, 0.5) is 0 Å². The zero-order valence-corrected chi connectivity index (χ0v) is 13.4. The third kappa shape index (κ3) is 5.58. The molecule has 0 saturated carbocycles. The Morgan fingerprint density at radius 1 is 1.00 bits per heavy atom. The minimum atomic E-state index is -3.25. The summed E-state index contributed by atoms with van der Waals surface area (Å²) in [7, 11) is 2.35. The molecule has 0 aromatic heterocycles. The normalized spacial score (nSPS) is 12.3. The van der Waals surface area contributed by atoms with Gasteiger partial charge in [-0.15, -0.1) is 0 Å². The number of hydrogen-bond donors (Lipinski definition) is 1. The third-order valence-corrected chi connectivity index (χ3v) is 4.99. The number of rotatable bonds is 8. The van der Waals surface area contributed by atoms with Gasteiger partial charge in [0.25, 0.3) is 0 Å². The van der Waals surface area contributed by atoms with E-state index in [-0.39, 0.29) is 5.75 Å². The van der Waals surface area contributed by atoms with E-state index in [1.807, 2.05) is 43.3 Å². The van der Waals surface area contributed by atoms with Crippen LogP contribution in [0.3, 0.4) is 0 Å². The largest absolute Gasteiger partial charge is 0.326 e. The van der Waals surface area contributed by atoms with Gasteiger partial charge in [0.15, 0.2) is 0 Å². The van der Waals surface area contributed by atoms with Gasteiger partial charge in [0.05, 0.1) is 5.75 Å². The summed E-state index contributed by atoms with van der Waals surface area (Å²) in [6.07, 6.45) is 0.828. The Morgan fingerprint density at radius 3 is 2.05 bits per heavy atom. The van der Waals surface area contributed by atoms with Gasteiger partial charge in [-0.2, -0.15) is 0 Å². The molecular formula is C14H25N3O2S. The van der Waals surface area contributed by atoms with E-state index >= 15 is 0 Å². The first-order valence-electron chi connectivity index (χ1n) is 6.72. The maximum Gasteiger partial charge on any atom is 0.218 e. The number of benzene rings is 1. The van der Waals surface area contributed by atoms with E-state index in [1.165, 1.54) is 4.31 Å². The molecular weight excluding hydrogens is 274 g/mol. The molecule has 0 amide bonds. The second-order valence-corrected chi connectivity index (χ2v) is 7.33. The lowest BCUT2D eigenvalue weighted by atomic mass is 10.1. The van der Waals surface area contributed by atoms with Crippen molar-refractivity contribution in [3.8, 4) is 0 Å². The van der Waals surface area contributed by atoms with Crippen molar-refractivity contribution in [3.63, 3.8) is 0 Å². The van der Waals surface area contributed by atoms with E-state index in [2.05, 4.69) is 0 Å². The van der Waals surface area contributed by atoms with Crippen molar-refractivity contribution in [2.45, 2.75) is 18.7 Å². The Kier molecular flexibility index (Phi) is 6.61. The van der Waals surface area contributed by atoms with Crippen molar-refractivity contribution in [2.24, 2.45) is 5.73 Å². The van der Waals surface area contributed by atoms with Crippen LogP contribution in [0.5, 0.6) is 0 Å². The Labute approximate surface area is 122 Å². The van der Waals surface area contributed by atoms with Crippen LogP contribution in [0.15, 0.2) is 24.3 Å². The molecule has 1 aromatic rings. The van der Waals surface area contributed by atoms with Crippen LogP contribution in [-0.4, -0.2) is 51.9 Å². The van der Waals surface area contributed by atoms with Crippen LogP contribution in [0.2, 0.25) is 0 Å². The standard InChI is InChI=1S/C14H25N3O2S/c1-16(2)9-4-10-17(3)20(18,19)12-14-7-5-13(11-15)6-8-14/h5-8H,4,9-12,15H2,1-3H3. The molecule has 0 aliphatic heterocycles. The highest BCUT2D eigenvalue weighted by atomic mass is 32.2. The molecule has 0 radical (unpaired) electrons. The lowest BCUT2D eigenvalue weighted by Crippen LogP contribution is -2.30. The molecule has 0 unspecified atom stereocenters. The van der Waals surface area contributed by atoms with Gasteiger partial charge >= 0.3 is 0 Å². The van der Waals surface area contributed by atoms with Crippen molar-refractivity contribution in [1.29, 1.82) is 0 Å². The Morgan fingerprint density at radius 2 is 1.55 bits per heavy atom. The fourth-order valence-corrected chi connectivity index (χ4v) is 3.08. The van der Waals surface area contributed by atoms with E-state index in [0.717, 1.165) is 24.1 Å². The fraction of sp³-hybridized carbons (Fsp3) is 0.571. The molecule has 114 valence electrons. The molecule has 0 bridgehead atoms. The van der Waals surface area contributed by atoms with Gasteiger partial charge in [0.1, 0.15) is 0 Å². The Hall–Kier alpha value is -0.950. The monoisotopic (exact) mass is 299 g/mol. The molecule has 5 nitrogen and oxygen atoms in total. The summed E-state index contributed by atoms with van der Waals surface area (Å²) in [6, 6.07) is 7.40. The summed E-state index contributed by atoms with van der Waals surface area (Å²) in [6.45, 7) is 1.89. The third-order valence-electron chi connectivity index (χ3n) is 3.16. The molecule has 6 heteroatoms. The maximum atomic E-state index is 12.2. The lowest BCUT2D eigenvalue weighted by Gasteiger charge is -2.18. The van der Waals surface area contributed by atoms with Crippen molar-refractivity contribution in [3.05, 3.63) is 35.4 Å². The highest BCUT2D eigenvalue weighted by Gasteiger charge is 2.18. The van der Waals surface area contributed by atoms with Crippen LogP contribution in [-0.2, 0) is 22.3 Å². The average molecular weight is 299 g/mol. The summed E-state index contributed by atoms with van der Waals surface area (Å²) >= 11 is 0. The molecule has 0 atom stereocenters. The first kappa shape index (κ1) is 17.1. The summed E-state index contributed by atoms with van der Waals surface area (Å²) in [5, 5.41) is 0. The summed E-state index contributed by atoms with van der Waals surface area (Å²) in [4.78, 5) is 2.05. The second-order valence-electron chi connectivity index (χ2n) is 5.26. The van der Waals surface area contributed by atoms with Crippen molar-refractivity contribution >= 4 is 10.0 Å². The fourth-order valence-electron chi connectivity index (χ4n) is 1.84. The summed E-state index contributed by atoms with van der Waals surface area (Å²) in [5.74, 6) is 0.0380. The Balaban J connectivity index is 2.58. The molecule has 20 heavy (non-hydrogen) atoms. The minimum Gasteiger partial charge on any atom is -0.326 e. The van der Waals surface area contributed by atoms with E-state index in [9.17, 15) is 8.42 Å². The Bertz CT molecular complexity index is 498. The smallest absolute Gasteiger partial charge is 0.218 e. The van der Waals surface area contributed by atoms with Gasteiger partial charge in [0, 0.05) is 20.1 Å². The van der Waals surface area contributed by atoms with Gasteiger partial charge in [0.2, 0.25) is 10.0 Å². The summed E-state index contributed by atoms with van der Waals surface area (Å²) in [5.41, 5.74) is 7.32. The number of sulfonamides is 1. The van der Waals surface area contributed by atoms with Crippen LogP contribution < -0.4 is 5.73 Å². The molecule has 0 aliphatic carbocycles. The van der Waals surface area contributed by atoms with Crippen LogP contribution >= 0.6 is 0 Å². The molecule has 0 aliphatic rings. The van der Waals surface area contributed by atoms with Crippen molar-refractivity contribution in [1.82, 2.24) is 9.21 Å². The molecule has 0 fully saturated rings. The number of nitrogens with zero attached hydrogens (tertiary/aromatic N) is 2. The number of nitrogens with two attached hydrogens (primary N) is 1. The molecule has 1 aromatic carbocycles.